The molecule has 31 heavy (non-hydrogen) atoms. The fraction of sp³-hybridized carbons (Fsp3) is 0.0800. The SMILES string of the molecule is O=C1NC(=O)/C(=C/c2ccc(N3N=C(c4ccccc4)CC3c3ccccc3)cc2)S1. The van der Waals surface area contributed by atoms with Crippen LogP contribution in [0.1, 0.15) is 29.2 Å². The van der Waals surface area contributed by atoms with E-state index < -0.39 is 0 Å². The second-order valence-corrected chi connectivity index (χ2v) is 8.35. The van der Waals surface area contributed by atoms with E-state index in [2.05, 4.69) is 46.7 Å². The number of thioether (sulfide) groups is 1. The predicted molar refractivity (Wildman–Crippen MR) is 125 cm³/mol. The quantitative estimate of drug-likeness (QED) is 0.571. The van der Waals surface area contributed by atoms with Crippen LogP contribution in [0.3, 0.4) is 0 Å². The maximum Gasteiger partial charge on any atom is 0.290 e. The highest BCUT2D eigenvalue weighted by Crippen LogP contribution is 2.37. The van der Waals surface area contributed by atoms with Gasteiger partial charge in [-0.15, -0.1) is 0 Å². The van der Waals surface area contributed by atoms with Crippen LogP contribution in [0.25, 0.3) is 6.08 Å². The Morgan fingerprint density at radius 3 is 2.23 bits per heavy atom. The van der Waals surface area contributed by atoms with Crippen LogP contribution in [-0.2, 0) is 4.79 Å². The summed E-state index contributed by atoms with van der Waals surface area (Å²) < 4.78 is 0. The Morgan fingerprint density at radius 2 is 1.58 bits per heavy atom. The van der Waals surface area contributed by atoms with Crippen LogP contribution < -0.4 is 10.3 Å². The van der Waals surface area contributed by atoms with Crippen molar-refractivity contribution in [2.24, 2.45) is 5.10 Å². The molecule has 152 valence electrons. The van der Waals surface area contributed by atoms with Gasteiger partial charge in [-0.1, -0.05) is 72.8 Å². The van der Waals surface area contributed by atoms with Crippen molar-refractivity contribution < 1.29 is 9.59 Å². The van der Waals surface area contributed by atoms with E-state index in [-0.39, 0.29) is 17.2 Å². The Balaban J connectivity index is 1.47. The normalized spacial score (nSPS) is 19.6. The van der Waals surface area contributed by atoms with Crippen LogP contribution in [0, 0.1) is 0 Å². The van der Waals surface area contributed by atoms with Crippen molar-refractivity contribution in [3.05, 3.63) is 107 Å². The zero-order chi connectivity index (χ0) is 21.2. The monoisotopic (exact) mass is 425 g/mol. The second-order valence-electron chi connectivity index (χ2n) is 7.33. The first-order chi connectivity index (χ1) is 15.2. The van der Waals surface area contributed by atoms with Crippen molar-refractivity contribution in [2.75, 3.05) is 5.01 Å². The average Bonchev–Trinajstić information content (AvgIpc) is 3.39. The van der Waals surface area contributed by atoms with Gasteiger partial charge in [0, 0.05) is 6.42 Å². The maximum atomic E-state index is 11.8. The van der Waals surface area contributed by atoms with E-state index in [0.29, 0.717) is 4.91 Å². The van der Waals surface area contributed by atoms with Crippen LogP contribution in [0.2, 0.25) is 0 Å². The largest absolute Gasteiger partial charge is 0.290 e. The summed E-state index contributed by atoms with van der Waals surface area (Å²) in [6, 6.07) is 28.6. The highest BCUT2D eigenvalue weighted by molar-refractivity contribution is 8.18. The topological polar surface area (TPSA) is 61.8 Å². The number of hydrazone groups is 1. The smallest absolute Gasteiger partial charge is 0.282 e. The molecule has 0 saturated carbocycles. The first-order valence-corrected chi connectivity index (χ1v) is 10.8. The first kappa shape index (κ1) is 19.3. The number of imide groups is 1. The van der Waals surface area contributed by atoms with Gasteiger partial charge in [-0.2, -0.15) is 5.10 Å². The van der Waals surface area contributed by atoms with Gasteiger partial charge in [-0.3, -0.25) is 19.9 Å². The number of carbonyl (C=O) groups excluding carboxylic acids is 2. The maximum absolute atomic E-state index is 11.8. The van der Waals surface area contributed by atoms with E-state index in [1.54, 1.807) is 6.08 Å². The molecule has 3 aromatic carbocycles. The van der Waals surface area contributed by atoms with Gasteiger partial charge in [-0.05, 0) is 46.7 Å². The molecule has 0 spiro atoms. The number of hydrogen-bond donors (Lipinski definition) is 1. The summed E-state index contributed by atoms with van der Waals surface area (Å²) in [6.45, 7) is 0. The van der Waals surface area contributed by atoms with E-state index in [1.807, 2.05) is 48.5 Å². The Hall–Kier alpha value is -3.64. The summed E-state index contributed by atoms with van der Waals surface area (Å²) in [6.07, 6.45) is 2.55. The van der Waals surface area contributed by atoms with Crippen molar-refractivity contribution in [3.63, 3.8) is 0 Å². The lowest BCUT2D eigenvalue weighted by atomic mass is 9.98. The zero-order valence-corrected chi connectivity index (χ0v) is 17.4. The summed E-state index contributed by atoms with van der Waals surface area (Å²) in [5.74, 6) is -0.347. The third-order valence-electron chi connectivity index (χ3n) is 5.30. The van der Waals surface area contributed by atoms with Crippen molar-refractivity contribution in [1.82, 2.24) is 5.32 Å². The minimum Gasteiger partial charge on any atom is -0.282 e. The van der Waals surface area contributed by atoms with Crippen LogP contribution in [0.5, 0.6) is 0 Å². The molecule has 6 heteroatoms. The van der Waals surface area contributed by atoms with E-state index in [4.69, 9.17) is 5.10 Å². The fourth-order valence-corrected chi connectivity index (χ4v) is 4.47. The highest BCUT2D eigenvalue weighted by atomic mass is 32.2. The van der Waals surface area contributed by atoms with Crippen molar-refractivity contribution >= 4 is 40.4 Å². The summed E-state index contributed by atoms with van der Waals surface area (Å²) >= 11 is 0.923. The minimum absolute atomic E-state index is 0.106. The molecule has 2 heterocycles. The van der Waals surface area contributed by atoms with E-state index in [1.165, 1.54) is 5.56 Å². The number of carbonyl (C=O) groups is 2. The molecule has 1 unspecified atom stereocenters. The fourth-order valence-electron chi connectivity index (χ4n) is 3.78. The molecule has 0 bridgehead atoms. The van der Waals surface area contributed by atoms with Crippen LogP contribution in [-0.4, -0.2) is 16.9 Å². The number of anilines is 1. The summed E-state index contributed by atoms with van der Waals surface area (Å²) in [7, 11) is 0. The van der Waals surface area contributed by atoms with Crippen LogP contribution in [0.15, 0.2) is 94.9 Å². The van der Waals surface area contributed by atoms with E-state index in [0.717, 1.165) is 40.7 Å². The molecule has 1 fully saturated rings. The first-order valence-electron chi connectivity index (χ1n) is 9.99. The molecule has 5 rings (SSSR count). The number of amides is 2. The van der Waals surface area contributed by atoms with Crippen molar-refractivity contribution in [2.45, 2.75) is 12.5 Å². The number of nitrogens with zero attached hydrogens (tertiary/aromatic N) is 2. The molecule has 2 amide bonds. The third kappa shape index (κ3) is 4.02. The van der Waals surface area contributed by atoms with Gasteiger partial charge in [-0.25, -0.2) is 0 Å². The lowest BCUT2D eigenvalue weighted by molar-refractivity contribution is -0.115. The molecule has 1 N–H and O–H groups in total. The lowest BCUT2D eigenvalue weighted by Crippen LogP contribution is -2.18. The van der Waals surface area contributed by atoms with Gasteiger partial charge in [0.2, 0.25) is 0 Å². The molecule has 5 nitrogen and oxygen atoms in total. The lowest BCUT2D eigenvalue weighted by Gasteiger charge is -2.24. The number of hydrogen-bond acceptors (Lipinski definition) is 5. The molecular formula is C25H19N3O2S. The number of benzene rings is 3. The summed E-state index contributed by atoms with van der Waals surface area (Å²) in [5.41, 5.74) is 5.22. The molecule has 1 atom stereocenters. The number of rotatable bonds is 4. The Morgan fingerprint density at radius 1 is 0.903 bits per heavy atom. The highest BCUT2D eigenvalue weighted by Gasteiger charge is 2.30. The Bertz CT molecular complexity index is 1190. The van der Waals surface area contributed by atoms with Gasteiger partial charge < -0.3 is 0 Å². The van der Waals surface area contributed by atoms with Gasteiger partial charge in [0.15, 0.2) is 0 Å². The Labute approximate surface area is 184 Å². The zero-order valence-electron chi connectivity index (χ0n) is 16.6. The van der Waals surface area contributed by atoms with Crippen LogP contribution in [0.4, 0.5) is 10.5 Å². The molecule has 3 aromatic rings. The standard InChI is InChI=1S/C25H19N3O2S/c29-24-23(31-25(30)26-24)15-17-11-13-20(14-12-17)28-22(19-9-5-2-6-10-19)16-21(27-28)18-7-3-1-4-8-18/h1-15,22H,16H2,(H,26,29,30)/b23-15-. The van der Waals surface area contributed by atoms with Gasteiger partial charge in [0.25, 0.3) is 11.1 Å². The average molecular weight is 426 g/mol. The van der Waals surface area contributed by atoms with Gasteiger partial charge >= 0.3 is 0 Å². The predicted octanol–water partition coefficient (Wildman–Crippen LogP) is 5.37. The third-order valence-corrected chi connectivity index (χ3v) is 6.11. The van der Waals surface area contributed by atoms with E-state index in [9.17, 15) is 9.59 Å². The second kappa shape index (κ2) is 8.24. The molecule has 2 aliphatic heterocycles. The summed E-state index contributed by atoms with van der Waals surface area (Å²) in [4.78, 5) is 23.6. The van der Waals surface area contributed by atoms with Gasteiger partial charge in [0.05, 0.1) is 22.3 Å². The molecular weight excluding hydrogens is 406 g/mol. The number of nitrogens with one attached hydrogen (secondary N) is 1. The molecule has 2 aliphatic rings. The van der Waals surface area contributed by atoms with Crippen LogP contribution >= 0.6 is 11.8 Å². The molecule has 1 saturated heterocycles. The molecule has 0 aromatic heterocycles. The molecule has 0 radical (unpaired) electrons. The van der Waals surface area contributed by atoms with E-state index >= 15 is 0 Å². The minimum atomic E-state index is -0.347. The summed E-state index contributed by atoms with van der Waals surface area (Å²) in [5, 5.41) is 8.97. The Kier molecular flexibility index (Phi) is 5.14. The van der Waals surface area contributed by atoms with Gasteiger partial charge in [0.1, 0.15) is 0 Å². The van der Waals surface area contributed by atoms with Crippen molar-refractivity contribution in [1.29, 1.82) is 0 Å². The van der Waals surface area contributed by atoms with Crippen molar-refractivity contribution in [3.8, 4) is 0 Å². The molecule has 0 aliphatic carbocycles.